The molecular formula is C17H17F3N4OS. The van der Waals surface area contributed by atoms with Gasteiger partial charge in [-0.25, -0.2) is 4.98 Å². The Balaban J connectivity index is 1.47. The first kappa shape index (κ1) is 17.4. The standard InChI is InChI=1S/C17H17F3N4OS/c18-17(19,20)10-3-4-12-11(9-10)22-14(26-12)6-5-13-23-15(24-25-13)16(21)7-1-2-8-16/h3-4,9H,1-2,5-8,21H2. The number of alkyl halides is 3. The molecule has 0 saturated heterocycles. The van der Waals surface area contributed by atoms with Gasteiger partial charge in [-0.15, -0.1) is 11.3 Å². The molecule has 1 aliphatic carbocycles. The molecule has 1 saturated carbocycles. The monoisotopic (exact) mass is 382 g/mol. The number of nitrogens with zero attached hydrogens (tertiary/aromatic N) is 3. The third-order valence-corrected chi connectivity index (χ3v) is 5.82. The normalized spacial score (nSPS) is 17.2. The first-order valence-corrected chi connectivity index (χ1v) is 9.24. The van der Waals surface area contributed by atoms with E-state index in [9.17, 15) is 13.2 Å². The van der Waals surface area contributed by atoms with Crippen LogP contribution in [0.25, 0.3) is 10.2 Å². The molecule has 3 aromatic rings. The first-order chi connectivity index (χ1) is 12.3. The number of halogens is 3. The molecule has 2 heterocycles. The molecule has 0 amide bonds. The largest absolute Gasteiger partial charge is 0.416 e. The van der Waals surface area contributed by atoms with Crippen molar-refractivity contribution in [1.82, 2.24) is 15.1 Å². The Kier molecular flexibility index (Phi) is 4.23. The molecule has 2 aromatic heterocycles. The highest BCUT2D eigenvalue weighted by Crippen LogP contribution is 2.35. The number of hydrogen-bond donors (Lipinski definition) is 1. The van der Waals surface area contributed by atoms with Crippen LogP contribution in [0, 0.1) is 0 Å². The maximum Gasteiger partial charge on any atom is 0.416 e. The molecule has 0 aliphatic heterocycles. The molecule has 0 radical (unpaired) electrons. The SMILES string of the molecule is NC1(c2noc(CCc3nc4cc(C(F)(F)F)ccc4s3)n2)CCCC1. The molecule has 2 N–H and O–H groups in total. The smallest absolute Gasteiger partial charge is 0.339 e. The number of aromatic nitrogens is 3. The molecular weight excluding hydrogens is 365 g/mol. The molecule has 1 fully saturated rings. The predicted octanol–water partition coefficient (Wildman–Crippen LogP) is 4.21. The van der Waals surface area contributed by atoms with Gasteiger partial charge in [0.2, 0.25) is 5.89 Å². The summed E-state index contributed by atoms with van der Waals surface area (Å²) in [6, 6.07) is 3.62. The number of fused-ring (bicyclic) bond motifs is 1. The van der Waals surface area contributed by atoms with E-state index in [1.54, 1.807) is 0 Å². The van der Waals surface area contributed by atoms with Crippen LogP contribution in [0.3, 0.4) is 0 Å². The van der Waals surface area contributed by atoms with Gasteiger partial charge in [-0.3, -0.25) is 0 Å². The van der Waals surface area contributed by atoms with Crippen LogP contribution >= 0.6 is 11.3 Å². The van der Waals surface area contributed by atoms with Crippen molar-refractivity contribution >= 4 is 21.6 Å². The van der Waals surface area contributed by atoms with Gasteiger partial charge in [-0.05, 0) is 31.0 Å². The van der Waals surface area contributed by atoms with Gasteiger partial charge >= 0.3 is 6.18 Å². The topological polar surface area (TPSA) is 77.8 Å². The molecule has 0 unspecified atom stereocenters. The summed E-state index contributed by atoms with van der Waals surface area (Å²) in [4.78, 5) is 8.71. The van der Waals surface area contributed by atoms with E-state index in [1.807, 2.05) is 0 Å². The third-order valence-electron chi connectivity index (χ3n) is 4.72. The van der Waals surface area contributed by atoms with E-state index in [-0.39, 0.29) is 0 Å². The maximum absolute atomic E-state index is 12.8. The Morgan fingerprint density at radius 2 is 1.92 bits per heavy atom. The molecule has 138 valence electrons. The lowest BCUT2D eigenvalue weighted by atomic mass is 9.99. The van der Waals surface area contributed by atoms with Crippen LogP contribution < -0.4 is 5.73 Å². The van der Waals surface area contributed by atoms with Gasteiger partial charge in [0.15, 0.2) is 5.82 Å². The zero-order valence-corrected chi connectivity index (χ0v) is 14.7. The summed E-state index contributed by atoms with van der Waals surface area (Å²) in [5, 5.41) is 4.75. The van der Waals surface area contributed by atoms with E-state index in [4.69, 9.17) is 10.3 Å². The molecule has 26 heavy (non-hydrogen) atoms. The van der Waals surface area contributed by atoms with E-state index in [1.165, 1.54) is 17.4 Å². The molecule has 0 bridgehead atoms. The van der Waals surface area contributed by atoms with Crippen molar-refractivity contribution in [3.05, 3.63) is 40.5 Å². The van der Waals surface area contributed by atoms with E-state index in [0.717, 1.165) is 47.5 Å². The fourth-order valence-electron chi connectivity index (χ4n) is 3.26. The minimum atomic E-state index is -4.36. The zero-order chi connectivity index (χ0) is 18.4. The lowest BCUT2D eigenvalue weighted by molar-refractivity contribution is -0.137. The molecule has 9 heteroatoms. The van der Waals surface area contributed by atoms with Gasteiger partial charge in [0.1, 0.15) is 0 Å². The molecule has 1 aliphatic rings. The number of benzene rings is 1. The summed E-state index contributed by atoms with van der Waals surface area (Å²) in [6.45, 7) is 0. The highest BCUT2D eigenvalue weighted by Gasteiger charge is 2.36. The van der Waals surface area contributed by atoms with Crippen molar-refractivity contribution in [3.8, 4) is 0 Å². The third kappa shape index (κ3) is 3.33. The predicted molar refractivity (Wildman–Crippen MR) is 90.7 cm³/mol. The number of nitrogens with two attached hydrogens (primary N) is 1. The van der Waals surface area contributed by atoms with Crippen molar-refractivity contribution in [1.29, 1.82) is 0 Å². The van der Waals surface area contributed by atoms with E-state index < -0.39 is 17.3 Å². The quantitative estimate of drug-likeness (QED) is 0.731. The lowest BCUT2D eigenvalue weighted by Crippen LogP contribution is -2.34. The Bertz CT molecular complexity index is 928. The highest BCUT2D eigenvalue weighted by atomic mass is 32.1. The minimum Gasteiger partial charge on any atom is -0.339 e. The Morgan fingerprint density at radius 1 is 1.15 bits per heavy atom. The fourth-order valence-corrected chi connectivity index (χ4v) is 4.21. The van der Waals surface area contributed by atoms with Crippen molar-refractivity contribution in [2.75, 3.05) is 0 Å². The Morgan fingerprint density at radius 3 is 2.65 bits per heavy atom. The summed E-state index contributed by atoms with van der Waals surface area (Å²) in [7, 11) is 0. The van der Waals surface area contributed by atoms with Crippen molar-refractivity contribution < 1.29 is 17.7 Å². The molecule has 4 rings (SSSR count). The second-order valence-electron chi connectivity index (χ2n) is 6.66. The van der Waals surface area contributed by atoms with Gasteiger partial charge in [0.25, 0.3) is 0 Å². The molecule has 0 spiro atoms. The number of hydrogen-bond acceptors (Lipinski definition) is 6. The Labute approximate surface area is 151 Å². The molecule has 0 atom stereocenters. The van der Waals surface area contributed by atoms with Crippen molar-refractivity contribution in [2.45, 2.75) is 50.2 Å². The fraction of sp³-hybridized carbons (Fsp3) is 0.471. The van der Waals surface area contributed by atoms with Crippen LogP contribution in [0.4, 0.5) is 13.2 Å². The van der Waals surface area contributed by atoms with Crippen LogP contribution in [-0.2, 0) is 24.6 Å². The average molecular weight is 382 g/mol. The number of aryl methyl sites for hydroxylation is 2. The van der Waals surface area contributed by atoms with Gasteiger partial charge in [-0.2, -0.15) is 18.2 Å². The van der Waals surface area contributed by atoms with Crippen molar-refractivity contribution in [3.63, 3.8) is 0 Å². The lowest BCUT2D eigenvalue weighted by Gasteiger charge is -2.17. The van der Waals surface area contributed by atoms with Crippen molar-refractivity contribution in [2.24, 2.45) is 5.73 Å². The number of thiazole rings is 1. The summed E-state index contributed by atoms with van der Waals surface area (Å²) in [5.74, 6) is 1.02. The number of rotatable bonds is 4. The van der Waals surface area contributed by atoms with Gasteiger partial charge in [0.05, 0.1) is 26.3 Å². The second kappa shape index (κ2) is 6.31. The van der Waals surface area contributed by atoms with Crippen LogP contribution in [0.1, 0.15) is 48.0 Å². The summed E-state index contributed by atoms with van der Waals surface area (Å²) in [6.07, 6.45) is 0.472. The van der Waals surface area contributed by atoms with E-state index in [0.29, 0.717) is 30.1 Å². The maximum atomic E-state index is 12.8. The first-order valence-electron chi connectivity index (χ1n) is 8.42. The molecule has 5 nitrogen and oxygen atoms in total. The summed E-state index contributed by atoms with van der Waals surface area (Å²) < 4.78 is 44.4. The molecule has 1 aromatic carbocycles. The van der Waals surface area contributed by atoms with Crippen LogP contribution in [-0.4, -0.2) is 15.1 Å². The van der Waals surface area contributed by atoms with E-state index in [2.05, 4.69) is 15.1 Å². The average Bonchev–Trinajstić information content (AvgIpc) is 3.30. The van der Waals surface area contributed by atoms with Crippen LogP contribution in [0.15, 0.2) is 22.7 Å². The van der Waals surface area contributed by atoms with Crippen LogP contribution in [0.5, 0.6) is 0 Å². The minimum absolute atomic E-state index is 0.359. The van der Waals surface area contributed by atoms with Crippen LogP contribution in [0.2, 0.25) is 0 Å². The summed E-state index contributed by atoms with van der Waals surface area (Å²) in [5.41, 5.74) is 5.49. The second-order valence-corrected chi connectivity index (χ2v) is 7.78. The highest BCUT2D eigenvalue weighted by molar-refractivity contribution is 7.18. The zero-order valence-electron chi connectivity index (χ0n) is 13.8. The van der Waals surface area contributed by atoms with Gasteiger partial charge < -0.3 is 10.3 Å². The Hall–Kier alpha value is -2.00. The van der Waals surface area contributed by atoms with Gasteiger partial charge in [-0.1, -0.05) is 18.0 Å². The van der Waals surface area contributed by atoms with E-state index >= 15 is 0 Å². The van der Waals surface area contributed by atoms with Gasteiger partial charge in [0, 0.05) is 12.8 Å². The summed E-state index contributed by atoms with van der Waals surface area (Å²) >= 11 is 1.37.